The fourth-order valence-electron chi connectivity index (χ4n) is 2.87. The van der Waals surface area contributed by atoms with Crippen molar-refractivity contribution in [1.29, 1.82) is 0 Å². The number of ether oxygens (including phenoxy) is 2. The molecule has 7 nitrogen and oxygen atoms in total. The van der Waals surface area contributed by atoms with Gasteiger partial charge in [-0.2, -0.15) is 0 Å². The Hall–Kier alpha value is -2.58. The summed E-state index contributed by atoms with van der Waals surface area (Å²) in [6.07, 6.45) is 1.75. The summed E-state index contributed by atoms with van der Waals surface area (Å²) < 4.78 is 37.7. The van der Waals surface area contributed by atoms with Crippen LogP contribution in [0.25, 0.3) is 0 Å². The van der Waals surface area contributed by atoms with Gasteiger partial charge in [-0.25, -0.2) is 13.1 Å². The number of nitrogens with one attached hydrogen (secondary N) is 1. The molecule has 1 amide bonds. The molecule has 0 atom stereocenters. The Labute approximate surface area is 157 Å². The van der Waals surface area contributed by atoms with Crippen LogP contribution in [0.2, 0.25) is 0 Å². The summed E-state index contributed by atoms with van der Waals surface area (Å²) in [5.74, 6) is 1.18. The highest BCUT2D eigenvalue weighted by Gasteiger charge is 2.28. The minimum absolute atomic E-state index is 0.0455. The van der Waals surface area contributed by atoms with Crippen molar-refractivity contribution in [3.8, 4) is 11.5 Å². The molecule has 2 aromatic rings. The highest BCUT2D eigenvalue weighted by molar-refractivity contribution is 7.89. The lowest BCUT2D eigenvalue weighted by molar-refractivity contribution is 0.0785. The van der Waals surface area contributed by atoms with E-state index in [0.717, 1.165) is 18.4 Å². The molecular formula is C19H20N2O5S. The van der Waals surface area contributed by atoms with E-state index in [1.807, 2.05) is 18.2 Å². The fraction of sp³-hybridized carbons (Fsp3) is 0.316. The average molecular weight is 388 g/mol. The summed E-state index contributed by atoms with van der Waals surface area (Å²) in [5, 5.41) is 0. The number of nitrogens with zero attached hydrogens (tertiary/aromatic N) is 1. The Balaban J connectivity index is 1.44. The van der Waals surface area contributed by atoms with Crippen LogP contribution >= 0.6 is 0 Å². The van der Waals surface area contributed by atoms with Crippen LogP contribution in [0.15, 0.2) is 47.4 Å². The largest absolute Gasteiger partial charge is 0.454 e. The van der Waals surface area contributed by atoms with Gasteiger partial charge in [0.1, 0.15) is 0 Å². The molecule has 1 aliphatic heterocycles. The number of rotatable bonds is 6. The van der Waals surface area contributed by atoms with Crippen LogP contribution in [0, 0.1) is 0 Å². The molecule has 1 heterocycles. The zero-order chi connectivity index (χ0) is 19.0. The summed E-state index contributed by atoms with van der Waals surface area (Å²) in [6, 6.07) is 11.6. The maximum absolute atomic E-state index is 12.6. The van der Waals surface area contributed by atoms with Gasteiger partial charge in [-0.15, -0.1) is 0 Å². The Morgan fingerprint density at radius 3 is 2.52 bits per heavy atom. The van der Waals surface area contributed by atoms with E-state index >= 15 is 0 Å². The molecular weight excluding hydrogens is 368 g/mol. The van der Waals surface area contributed by atoms with Crippen molar-refractivity contribution in [3.05, 3.63) is 53.6 Å². The SMILES string of the molecule is CN(Cc1ccc2c(c1)OCO2)C(=O)c1ccc(S(=O)(=O)NC2CC2)cc1. The van der Waals surface area contributed by atoms with Crippen molar-refractivity contribution in [1.82, 2.24) is 9.62 Å². The van der Waals surface area contributed by atoms with E-state index in [4.69, 9.17) is 9.47 Å². The maximum atomic E-state index is 12.6. The predicted molar refractivity (Wildman–Crippen MR) is 98.1 cm³/mol. The van der Waals surface area contributed by atoms with Crippen LogP contribution in [0.1, 0.15) is 28.8 Å². The van der Waals surface area contributed by atoms with E-state index in [1.54, 1.807) is 24.1 Å². The van der Waals surface area contributed by atoms with Crippen LogP contribution in [0.5, 0.6) is 11.5 Å². The second-order valence-corrected chi connectivity index (χ2v) is 8.48. The molecule has 0 aromatic heterocycles. The quantitative estimate of drug-likeness (QED) is 0.819. The first-order chi connectivity index (χ1) is 12.9. The molecule has 1 saturated carbocycles. The van der Waals surface area contributed by atoms with E-state index in [9.17, 15) is 13.2 Å². The van der Waals surface area contributed by atoms with Crippen LogP contribution in [0.3, 0.4) is 0 Å². The van der Waals surface area contributed by atoms with E-state index in [2.05, 4.69) is 4.72 Å². The number of hydrogen-bond donors (Lipinski definition) is 1. The molecule has 1 aliphatic carbocycles. The number of fused-ring (bicyclic) bond motifs is 1. The zero-order valence-electron chi connectivity index (χ0n) is 14.8. The van der Waals surface area contributed by atoms with Crippen molar-refractivity contribution in [2.45, 2.75) is 30.3 Å². The lowest BCUT2D eigenvalue weighted by Crippen LogP contribution is -2.27. The molecule has 142 valence electrons. The van der Waals surface area contributed by atoms with Crippen molar-refractivity contribution < 1.29 is 22.7 Å². The molecule has 8 heteroatoms. The summed E-state index contributed by atoms with van der Waals surface area (Å²) in [6.45, 7) is 0.608. The Kier molecular flexibility index (Phi) is 4.53. The van der Waals surface area contributed by atoms with Crippen LogP contribution in [0.4, 0.5) is 0 Å². The third kappa shape index (κ3) is 3.91. The van der Waals surface area contributed by atoms with E-state index in [1.165, 1.54) is 12.1 Å². The fourth-order valence-corrected chi connectivity index (χ4v) is 4.18. The van der Waals surface area contributed by atoms with Gasteiger partial charge in [-0.1, -0.05) is 6.07 Å². The monoisotopic (exact) mass is 388 g/mol. The van der Waals surface area contributed by atoms with Gasteiger partial charge >= 0.3 is 0 Å². The molecule has 0 radical (unpaired) electrons. The standard InChI is InChI=1S/C19H20N2O5S/c1-21(11-13-2-9-17-18(10-13)26-12-25-17)19(22)14-3-7-16(8-4-14)27(23,24)20-15-5-6-15/h2-4,7-10,15,20H,5-6,11-12H2,1H3. The van der Waals surface area contributed by atoms with E-state index in [-0.39, 0.29) is 23.6 Å². The molecule has 0 unspecified atom stereocenters. The molecule has 0 bridgehead atoms. The lowest BCUT2D eigenvalue weighted by atomic mass is 10.1. The van der Waals surface area contributed by atoms with E-state index < -0.39 is 10.0 Å². The Bertz CT molecular complexity index is 968. The highest BCUT2D eigenvalue weighted by Crippen LogP contribution is 2.32. The summed E-state index contributed by atoms with van der Waals surface area (Å²) in [7, 11) is -1.81. The molecule has 0 saturated heterocycles. The number of hydrogen-bond acceptors (Lipinski definition) is 5. The van der Waals surface area contributed by atoms with Gasteiger partial charge in [0.05, 0.1) is 4.90 Å². The van der Waals surface area contributed by atoms with Gasteiger partial charge in [0.25, 0.3) is 5.91 Å². The van der Waals surface area contributed by atoms with Gasteiger partial charge in [-0.05, 0) is 54.8 Å². The summed E-state index contributed by atoms with van der Waals surface area (Å²) in [5.41, 5.74) is 1.35. The topological polar surface area (TPSA) is 84.9 Å². The van der Waals surface area contributed by atoms with Crippen molar-refractivity contribution in [2.75, 3.05) is 13.8 Å². The first kappa shape index (κ1) is 17.8. The molecule has 1 N–H and O–H groups in total. The van der Waals surface area contributed by atoms with Gasteiger partial charge in [0.15, 0.2) is 11.5 Å². The third-order valence-corrected chi connectivity index (χ3v) is 6.05. The number of sulfonamides is 1. The van der Waals surface area contributed by atoms with E-state index in [0.29, 0.717) is 23.6 Å². The van der Waals surface area contributed by atoms with Gasteiger partial charge in [-0.3, -0.25) is 4.79 Å². The number of carbonyl (C=O) groups excluding carboxylic acids is 1. The molecule has 1 fully saturated rings. The zero-order valence-corrected chi connectivity index (χ0v) is 15.7. The van der Waals surface area contributed by atoms with Gasteiger partial charge < -0.3 is 14.4 Å². The molecule has 2 aliphatic rings. The molecule has 4 rings (SSSR count). The minimum atomic E-state index is -3.51. The van der Waals surface area contributed by atoms with Crippen molar-refractivity contribution in [2.24, 2.45) is 0 Å². The Morgan fingerprint density at radius 2 is 1.81 bits per heavy atom. The third-order valence-electron chi connectivity index (χ3n) is 4.51. The molecule has 27 heavy (non-hydrogen) atoms. The molecule has 0 spiro atoms. The smallest absolute Gasteiger partial charge is 0.253 e. The minimum Gasteiger partial charge on any atom is -0.454 e. The lowest BCUT2D eigenvalue weighted by Gasteiger charge is -2.18. The summed E-state index contributed by atoms with van der Waals surface area (Å²) >= 11 is 0. The van der Waals surface area contributed by atoms with Gasteiger partial charge in [0, 0.05) is 25.2 Å². The van der Waals surface area contributed by atoms with Crippen LogP contribution in [-0.4, -0.2) is 39.1 Å². The van der Waals surface area contributed by atoms with Gasteiger partial charge in [0.2, 0.25) is 16.8 Å². The predicted octanol–water partition coefficient (Wildman–Crippen LogP) is 2.13. The first-order valence-electron chi connectivity index (χ1n) is 8.69. The van der Waals surface area contributed by atoms with Crippen molar-refractivity contribution >= 4 is 15.9 Å². The summed E-state index contributed by atoms with van der Waals surface area (Å²) in [4.78, 5) is 14.4. The second kappa shape index (κ2) is 6.86. The normalized spacial score (nSPS) is 15.6. The number of carbonyl (C=O) groups is 1. The maximum Gasteiger partial charge on any atom is 0.253 e. The van der Waals surface area contributed by atoms with Crippen molar-refractivity contribution in [3.63, 3.8) is 0 Å². The highest BCUT2D eigenvalue weighted by atomic mass is 32.2. The Morgan fingerprint density at radius 1 is 1.11 bits per heavy atom. The average Bonchev–Trinajstić information content (AvgIpc) is 3.33. The molecule has 2 aromatic carbocycles. The number of benzene rings is 2. The van der Waals surface area contributed by atoms with Crippen LogP contribution < -0.4 is 14.2 Å². The second-order valence-electron chi connectivity index (χ2n) is 6.77. The first-order valence-corrected chi connectivity index (χ1v) is 10.2. The van der Waals surface area contributed by atoms with Crippen LogP contribution in [-0.2, 0) is 16.6 Å². The number of amides is 1.